The Morgan fingerprint density at radius 3 is 2.46 bits per heavy atom. The van der Waals surface area contributed by atoms with E-state index in [9.17, 15) is 4.79 Å². The van der Waals surface area contributed by atoms with E-state index < -0.39 is 20.1 Å². The molecule has 1 aliphatic heterocycles. The Hall–Kier alpha value is -1.25. The molecule has 1 heterocycles. The highest BCUT2D eigenvalue weighted by Gasteiger charge is 2.54. The quantitative estimate of drug-likeness (QED) is 0.466. The van der Waals surface area contributed by atoms with Gasteiger partial charge < -0.3 is 14.0 Å². The first-order chi connectivity index (χ1) is 13.0. The maximum Gasteiger partial charge on any atom is 0.307 e. The van der Waals surface area contributed by atoms with Crippen molar-refractivity contribution in [3.63, 3.8) is 0 Å². The van der Waals surface area contributed by atoms with E-state index in [2.05, 4.69) is 46.0 Å². The largest absolute Gasteiger partial charge is 0.469 e. The lowest BCUT2D eigenvalue weighted by Gasteiger charge is -2.43. The van der Waals surface area contributed by atoms with E-state index >= 15 is 0 Å². The van der Waals surface area contributed by atoms with Gasteiger partial charge in [-0.1, -0.05) is 56.3 Å². The Balaban J connectivity index is 2.41. The summed E-state index contributed by atoms with van der Waals surface area (Å²) in [4.78, 5) is 18.4. The van der Waals surface area contributed by atoms with Gasteiger partial charge in [0.15, 0.2) is 6.29 Å². The van der Waals surface area contributed by atoms with Gasteiger partial charge in [0.25, 0.3) is 0 Å². The number of ether oxygens (including phenoxy) is 2. The Kier molecular flexibility index (Phi) is 7.44. The zero-order chi connectivity index (χ0) is 21.0. The predicted molar refractivity (Wildman–Crippen MR) is 111 cm³/mol. The smallest absolute Gasteiger partial charge is 0.307 e. The molecule has 0 bridgehead atoms. The lowest BCUT2D eigenvalue weighted by molar-refractivity contribution is -0.375. The van der Waals surface area contributed by atoms with E-state index in [1.807, 2.05) is 25.1 Å². The number of benzene rings is 1. The number of carbonyl (C=O) groups is 1. The fourth-order valence-electron chi connectivity index (χ4n) is 3.03. The van der Waals surface area contributed by atoms with Gasteiger partial charge in [0, 0.05) is 13.0 Å². The van der Waals surface area contributed by atoms with Crippen molar-refractivity contribution in [3.05, 3.63) is 35.9 Å². The minimum atomic E-state index is -2.20. The molecular formula is C21H35NO5Si. The fourth-order valence-corrected chi connectivity index (χ4v) is 3.96. The van der Waals surface area contributed by atoms with Crippen molar-refractivity contribution in [1.29, 1.82) is 0 Å². The van der Waals surface area contributed by atoms with Crippen LogP contribution in [0.2, 0.25) is 18.1 Å². The van der Waals surface area contributed by atoms with Gasteiger partial charge in [-0.05, 0) is 37.0 Å². The van der Waals surface area contributed by atoms with Gasteiger partial charge in [0.1, 0.15) is 0 Å². The first kappa shape index (κ1) is 23.0. The van der Waals surface area contributed by atoms with E-state index in [0.29, 0.717) is 19.4 Å². The lowest BCUT2D eigenvalue weighted by Crippen LogP contribution is -2.54. The number of hydroxylamine groups is 2. The molecule has 6 nitrogen and oxygen atoms in total. The molecule has 2 rings (SSSR count). The van der Waals surface area contributed by atoms with Crippen LogP contribution in [0, 0.1) is 0 Å². The molecule has 158 valence electrons. The summed E-state index contributed by atoms with van der Waals surface area (Å²) in [5.74, 6) is -0.291. The molecule has 0 saturated carbocycles. The third kappa shape index (κ3) is 5.42. The highest BCUT2D eigenvalue weighted by atomic mass is 28.4. The molecule has 0 amide bonds. The summed E-state index contributed by atoms with van der Waals surface area (Å²) < 4.78 is 17.3. The normalized spacial score (nSPS) is 23.8. The minimum absolute atomic E-state index is 0.0101. The maximum atomic E-state index is 12.3. The summed E-state index contributed by atoms with van der Waals surface area (Å²) in [6.07, 6.45) is 0.833. The SMILES string of the molecule is CCO[C@@H]1C[C@](CC(=O)OC)(Cc2ccccc2)N(O[Si](C)(C)C(C)(C)C)O1. The first-order valence-corrected chi connectivity index (χ1v) is 12.8. The number of carbonyl (C=O) groups excluding carboxylic acids is 1. The predicted octanol–water partition coefficient (Wildman–Crippen LogP) is 4.47. The Labute approximate surface area is 170 Å². The molecule has 1 aromatic rings. The Bertz CT molecular complexity index is 646. The molecule has 0 unspecified atom stereocenters. The highest BCUT2D eigenvalue weighted by molar-refractivity contribution is 6.74. The van der Waals surface area contributed by atoms with Crippen molar-refractivity contribution in [2.45, 2.75) is 76.9 Å². The average Bonchev–Trinajstić information content (AvgIpc) is 2.91. The molecular weight excluding hydrogens is 374 g/mol. The topological polar surface area (TPSA) is 57.2 Å². The van der Waals surface area contributed by atoms with Crippen LogP contribution >= 0.6 is 0 Å². The molecule has 0 aromatic heterocycles. The number of hydrogen-bond donors (Lipinski definition) is 0. The van der Waals surface area contributed by atoms with Crippen LogP contribution in [0.1, 0.15) is 46.1 Å². The van der Waals surface area contributed by atoms with Crippen molar-refractivity contribution in [3.8, 4) is 0 Å². The second-order valence-electron chi connectivity index (χ2n) is 8.94. The summed E-state index contributed by atoms with van der Waals surface area (Å²) in [5, 5.41) is 1.57. The summed E-state index contributed by atoms with van der Waals surface area (Å²) >= 11 is 0. The molecule has 7 heteroatoms. The van der Waals surface area contributed by atoms with E-state index in [-0.39, 0.29) is 17.4 Å². The van der Waals surface area contributed by atoms with E-state index in [1.165, 1.54) is 7.11 Å². The monoisotopic (exact) mass is 409 g/mol. The standard InChI is InChI=1S/C21H35NO5Si/c1-8-25-19-16-21(15-18(23)24-5,14-17-12-10-9-11-13-17)22(26-19)27-28(6,7)20(2,3)4/h9-13,19H,8,14-16H2,1-7H3/t19-,21+/m0/s1. The molecule has 1 fully saturated rings. The molecule has 1 aromatic carbocycles. The van der Waals surface area contributed by atoms with Gasteiger partial charge in [-0.3, -0.25) is 4.79 Å². The van der Waals surface area contributed by atoms with Crippen LogP contribution in [0.5, 0.6) is 0 Å². The minimum Gasteiger partial charge on any atom is -0.469 e. The molecule has 1 aliphatic rings. The molecule has 28 heavy (non-hydrogen) atoms. The van der Waals surface area contributed by atoms with Gasteiger partial charge in [-0.15, -0.1) is 0 Å². The van der Waals surface area contributed by atoms with Crippen LogP contribution in [0.15, 0.2) is 30.3 Å². The van der Waals surface area contributed by atoms with Crippen LogP contribution in [0.25, 0.3) is 0 Å². The maximum absolute atomic E-state index is 12.3. The number of hydrogen-bond acceptors (Lipinski definition) is 6. The van der Waals surface area contributed by atoms with Crippen molar-refractivity contribution < 1.29 is 23.6 Å². The van der Waals surface area contributed by atoms with Crippen molar-refractivity contribution in [2.75, 3.05) is 13.7 Å². The van der Waals surface area contributed by atoms with Crippen LogP contribution in [0.4, 0.5) is 0 Å². The summed E-state index contributed by atoms with van der Waals surface area (Å²) in [5.41, 5.74) is 0.417. The van der Waals surface area contributed by atoms with Crippen molar-refractivity contribution in [2.24, 2.45) is 0 Å². The second-order valence-corrected chi connectivity index (χ2v) is 13.6. The van der Waals surface area contributed by atoms with E-state index in [0.717, 1.165) is 5.56 Å². The molecule has 0 N–H and O–H groups in total. The summed E-state index contributed by atoms with van der Waals surface area (Å²) in [6, 6.07) is 10.1. The van der Waals surface area contributed by atoms with E-state index in [1.54, 1.807) is 5.23 Å². The number of rotatable bonds is 8. The lowest BCUT2D eigenvalue weighted by atomic mass is 9.85. The Morgan fingerprint density at radius 1 is 1.29 bits per heavy atom. The molecule has 0 spiro atoms. The first-order valence-electron chi connectivity index (χ1n) is 9.91. The highest BCUT2D eigenvalue weighted by Crippen LogP contribution is 2.44. The third-order valence-electron chi connectivity index (χ3n) is 5.69. The van der Waals surface area contributed by atoms with Gasteiger partial charge >= 0.3 is 5.97 Å². The fraction of sp³-hybridized carbons (Fsp3) is 0.667. The van der Waals surface area contributed by atoms with Gasteiger partial charge in [0.05, 0.1) is 19.1 Å². The summed E-state index contributed by atoms with van der Waals surface area (Å²) in [6.45, 7) is 13.3. The second kappa shape index (κ2) is 9.05. The molecule has 1 saturated heterocycles. The number of methoxy groups -OCH3 is 1. The average molecular weight is 410 g/mol. The van der Waals surface area contributed by atoms with Crippen LogP contribution in [0.3, 0.4) is 0 Å². The summed E-state index contributed by atoms with van der Waals surface area (Å²) in [7, 11) is -0.786. The van der Waals surface area contributed by atoms with Crippen molar-refractivity contribution >= 4 is 14.3 Å². The van der Waals surface area contributed by atoms with Crippen molar-refractivity contribution in [1.82, 2.24) is 5.23 Å². The Morgan fingerprint density at radius 2 is 1.93 bits per heavy atom. The molecule has 2 atom stereocenters. The van der Waals surface area contributed by atoms with E-state index in [4.69, 9.17) is 18.8 Å². The van der Waals surface area contributed by atoms with Crippen LogP contribution < -0.4 is 0 Å². The molecule has 0 aliphatic carbocycles. The van der Waals surface area contributed by atoms with Gasteiger partial charge in [-0.2, -0.15) is 0 Å². The third-order valence-corrected chi connectivity index (χ3v) is 9.93. The number of esters is 1. The van der Waals surface area contributed by atoms with Crippen LogP contribution in [-0.2, 0) is 30.1 Å². The van der Waals surface area contributed by atoms with Crippen LogP contribution in [-0.4, -0.2) is 45.1 Å². The van der Waals surface area contributed by atoms with Gasteiger partial charge in [0.2, 0.25) is 8.32 Å². The zero-order valence-corrected chi connectivity index (χ0v) is 19.3. The number of nitrogens with zero attached hydrogens (tertiary/aromatic N) is 1. The molecule has 0 radical (unpaired) electrons. The van der Waals surface area contributed by atoms with Gasteiger partial charge in [-0.25, -0.2) is 4.84 Å². The zero-order valence-electron chi connectivity index (χ0n) is 18.3.